The predicted molar refractivity (Wildman–Crippen MR) is 176 cm³/mol. The molecule has 0 saturated carbocycles. The normalized spacial score (nSPS) is 16.8. The Hall–Kier alpha value is -4.37. The van der Waals surface area contributed by atoms with Crippen LogP contribution in [-0.2, 0) is 40.8 Å². The molecule has 4 aromatic rings. The summed E-state index contributed by atoms with van der Waals surface area (Å²) >= 11 is 0. The van der Waals surface area contributed by atoms with E-state index in [1.54, 1.807) is 0 Å². The Morgan fingerprint density at radius 1 is 0.532 bits per heavy atom. The van der Waals surface area contributed by atoms with Crippen molar-refractivity contribution in [2.24, 2.45) is 0 Å². The number of rotatable bonds is 5. The molecule has 4 aliphatic heterocycles. The van der Waals surface area contributed by atoms with Crippen LogP contribution < -0.4 is 19.6 Å². The van der Waals surface area contributed by atoms with Gasteiger partial charge in [-0.2, -0.15) is 61.7 Å². The van der Waals surface area contributed by atoms with Crippen molar-refractivity contribution in [3.05, 3.63) is 130 Å². The SMILES string of the molecule is CN1C=CN(c2[c-]c3c(cc2)c2ccc(N4C=CN(C)[CH-]4)[c-]c2n3-c2[c-]c(N3C=CN(C)[CH-]3)c(C#N)c(N3C=CN(C)[CH-]3)[c-]2)[CH-]1.[Pd].[Pd]. The molecule has 1 aromatic heterocycles. The van der Waals surface area contributed by atoms with Crippen molar-refractivity contribution in [1.82, 2.24) is 24.2 Å². The largest absolute Gasteiger partial charge is 0.519 e. The number of hydrogen-bond acceptors (Lipinski definition) is 9. The summed E-state index contributed by atoms with van der Waals surface area (Å²) in [7, 11) is 7.90. The fourth-order valence-electron chi connectivity index (χ4n) is 5.82. The fourth-order valence-corrected chi connectivity index (χ4v) is 5.82. The van der Waals surface area contributed by atoms with E-state index in [-0.39, 0.29) is 40.8 Å². The average Bonchev–Trinajstić information content (AvgIpc) is 3.88. The smallest absolute Gasteiger partial charge is 0 e. The molecule has 0 saturated heterocycles. The number of hydrogen-bond donors (Lipinski definition) is 0. The zero-order valence-corrected chi connectivity index (χ0v) is 29.0. The fraction of sp³-hybridized carbons (Fsp3) is 0.114. The second-order valence-corrected chi connectivity index (χ2v) is 11.3. The van der Waals surface area contributed by atoms with Gasteiger partial charge in [0.05, 0.1) is 0 Å². The zero-order valence-electron chi connectivity index (χ0n) is 25.8. The van der Waals surface area contributed by atoms with Crippen LogP contribution in [0.25, 0.3) is 27.5 Å². The second kappa shape index (κ2) is 12.7. The molecule has 0 atom stereocenters. The molecule has 5 heterocycles. The van der Waals surface area contributed by atoms with Crippen LogP contribution in [0.4, 0.5) is 22.7 Å². The summed E-state index contributed by atoms with van der Waals surface area (Å²) in [5.41, 5.74) is 5.85. The third-order valence-corrected chi connectivity index (χ3v) is 7.99. The van der Waals surface area contributed by atoms with E-state index in [0.29, 0.717) is 22.6 Å². The molecule has 4 aliphatic rings. The Labute approximate surface area is 303 Å². The Morgan fingerprint density at radius 3 is 1.26 bits per heavy atom. The van der Waals surface area contributed by atoms with Crippen molar-refractivity contribution in [3.63, 3.8) is 0 Å². The number of nitriles is 1. The quantitative estimate of drug-likeness (QED) is 0.200. The van der Waals surface area contributed by atoms with Gasteiger partial charge >= 0.3 is 0 Å². The van der Waals surface area contributed by atoms with Gasteiger partial charge in [-0.25, -0.2) is 22.3 Å². The van der Waals surface area contributed by atoms with Gasteiger partial charge in [0.2, 0.25) is 0 Å². The molecule has 0 bridgehead atoms. The molecule has 246 valence electrons. The van der Waals surface area contributed by atoms with Crippen LogP contribution in [0.1, 0.15) is 5.56 Å². The molecule has 0 spiro atoms. The number of nitrogens with zero attached hydrogens (tertiary/aromatic N) is 10. The number of benzene rings is 3. The number of aromatic nitrogens is 1. The molecule has 0 fully saturated rings. The van der Waals surface area contributed by atoms with Crippen molar-refractivity contribution >= 4 is 44.6 Å². The molecule has 8 rings (SSSR count). The van der Waals surface area contributed by atoms with Crippen molar-refractivity contribution in [2.45, 2.75) is 0 Å². The third kappa shape index (κ3) is 5.65. The molecule has 12 heteroatoms. The first kappa shape index (κ1) is 32.6. The summed E-state index contributed by atoms with van der Waals surface area (Å²) in [6.45, 7) is 7.87. The van der Waals surface area contributed by atoms with Crippen LogP contribution in [0.2, 0.25) is 0 Å². The Bertz CT molecular complexity index is 1880. The van der Waals surface area contributed by atoms with Crippen LogP contribution in [0.15, 0.2) is 73.9 Å². The van der Waals surface area contributed by atoms with E-state index in [1.165, 1.54) is 0 Å². The van der Waals surface area contributed by atoms with Crippen molar-refractivity contribution < 1.29 is 40.8 Å². The molecule has 0 amide bonds. The minimum atomic E-state index is 0. The van der Waals surface area contributed by atoms with Gasteiger partial charge in [-0.15, -0.1) is 29.1 Å². The maximum atomic E-state index is 10.5. The van der Waals surface area contributed by atoms with Gasteiger partial charge in [-0.1, -0.05) is 11.0 Å². The van der Waals surface area contributed by atoms with Gasteiger partial charge in [-0.3, -0.25) is 0 Å². The van der Waals surface area contributed by atoms with Gasteiger partial charge in [0.1, 0.15) is 0 Å². The van der Waals surface area contributed by atoms with Gasteiger partial charge < -0.3 is 55.9 Å². The summed E-state index contributed by atoms with van der Waals surface area (Å²) in [4.78, 5) is 15.8. The van der Waals surface area contributed by atoms with Crippen LogP contribution in [-0.4, -0.2) is 52.4 Å². The summed E-state index contributed by atoms with van der Waals surface area (Å²) in [5.74, 6) is 0. The maximum Gasteiger partial charge on any atom is 0 e. The molecule has 0 N–H and O–H groups in total. The van der Waals surface area contributed by atoms with E-state index in [1.807, 2.05) is 144 Å². The van der Waals surface area contributed by atoms with E-state index < -0.39 is 0 Å². The maximum absolute atomic E-state index is 10.5. The Morgan fingerprint density at radius 2 is 0.915 bits per heavy atom. The molecule has 0 unspecified atom stereocenters. The first-order chi connectivity index (χ1) is 21.9. The molecular weight excluding hydrogens is 773 g/mol. The zero-order chi connectivity index (χ0) is 30.8. The van der Waals surface area contributed by atoms with E-state index in [0.717, 1.165) is 33.2 Å². The molecular formula is C35H28N10Pd2-8. The van der Waals surface area contributed by atoms with Crippen molar-refractivity contribution in [2.75, 3.05) is 47.8 Å². The van der Waals surface area contributed by atoms with E-state index >= 15 is 0 Å². The summed E-state index contributed by atoms with van der Waals surface area (Å²) < 4.78 is 2.10. The average molecular weight is 802 g/mol. The monoisotopic (exact) mass is 800 g/mol. The standard InChI is InChI=1S/C35H28N10.2Pd/c1-37-9-13-41(22-37)26-5-7-29-30-8-6-27(42-14-10-38(2)23-42)18-35(30)45(34(29)17-26)28-19-32(43-15-11-39(3)24-43)31(21-36)33(20-28)44-16-12-40(4)25-44;;/h5-16,22-25H,1-4H3;;/q-8;;. The van der Waals surface area contributed by atoms with Crippen molar-refractivity contribution in [3.8, 4) is 11.8 Å². The predicted octanol–water partition coefficient (Wildman–Crippen LogP) is 5.22. The molecule has 10 nitrogen and oxygen atoms in total. The molecule has 47 heavy (non-hydrogen) atoms. The van der Waals surface area contributed by atoms with Crippen LogP contribution in [0.3, 0.4) is 0 Å². The number of anilines is 4. The van der Waals surface area contributed by atoms with Crippen LogP contribution in [0, 0.1) is 62.3 Å². The minimum Gasteiger partial charge on any atom is -0.519 e. The summed E-state index contributed by atoms with van der Waals surface area (Å²) in [6.07, 6.45) is 15.7. The van der Waals surface area contributed by atoms with E-state index in [2.05, 4.69) is 59.2 Å². The third-order valence-electron chi connectivity index (χ3n) is 7.99. The van der Waals surface area contributed by atoms with Gasteiger partial charge in [0, 0.05) is 40.8 Å². The number of fused-ring (bicyclic) bond motifs is 3. The first-order valence-corrected chi connectivity index (χ1v) is 14.4. The Kier molecular flexibility index (Phi) is 8.79. The minimum absolute atomic E-state index is 0. The summed E-state index contributed by atoms with van der Waals surface area (Å²) in [6, 6.07) is 25.4. The molecule has 0 radical (unpaired) electrons. The summed E-state index contributed by atoms with van der Waals surface area (Å²) in [5, 5.41) is 12.5. The topological polar surface area (TPSA) is 54.6 Å². The molecule has 0 aliphatic carbocycles. The Balaban J connectivity index is 0.00000193. The van der Waals surface area contributed by atoms with E-state index in [9.17, 15) is 5.26 Å². The van der Waals surface area contributed by atoms with Gasteiger partial charge in [0.25, 0.3) is 0 Å². The van der Waals surface area contributed by atoms with Crippen LogP contribution >= 0.6 is 0 Å². The van der Waals surface area contributed by atoms with Crippen molar-refractivity contribution in [1.29, 1.82) is 5.26 Å². The van der Waals surface area contributed by atoms with Crippen LogP contribution in [0.5, 0.6) is 0 Å². The van der Waals surface area contributed by atoms with Gasteiger partial charge in [0.15, 0.2) is 0 Å². The molecule has 3 aromatic carbocycles. The first-order valence-electron chi connectivity index (χ1n) is 14.4. The van der Waals surface area contributed by atoms with Gasteiger partial charge in [-0.05, 0) is 83.9 Å². The second-order valence-electron chi connectivity index (χ2n) is 11.3. The van der Waals surface area contributed by atoms with E-state index in [4.69, 9.17) is 0 Å².